The van der Waals surface area contributed by atoms with E-state index in [0.29, 0.717) is 10.0 Å². The monoisotopic (exact) mass is 253 g/mol. The summed E-state index contributed by atoms with van der Waals surface area (Å²) in [7, 11) is 0. The van der Waals surface area contributed by atoms with Gasteiger partial charge in [-0.05, 0) is 18.6 Å². The van der Waals surface area contributed by atoms with Crippen molar-refractivity contribution in [3.05, 3.63) is 33.8 Å². The molecule has 0 saturated heterocycles. The van der Waals surface area contributed by atoms with Gasteiger partial charge in [0.1, 0.15) is 6.54 Å². The van der Waals surface area contributed by atoms with Gasteiger partial charge >= 0.3 is 0 Å². The average molecular weight is 255 g/mol. The van der Waals surface area contributed by atoms with Gasteiger partial charge in [0.15, 0.2) is 0 Å². The van der Waals surface area contributed by atoms with Crippen LogP contribution in [0, 0.1) is 0 Å². The fourth-order valence-electron chi connectivity index (χ4n) is 1.14. The van der Waals surface area contributed by atoms with Gasteiger partial charge in [-0.3, -0.25) is 0 Å². The van der Waals surface area contributed by atoms with Crippen LogP contribution in [0.1, 0.15) is 18.9 Å². The van der Waals surface area contributed by atoms with E-state index in [4.69, 9.17) is 23.2 Å². The van der Waals surface area contributed by atoms with Crippen LogP contribution in [0.3, 0.4) is 0 Å². The number of benzene rings is 1. The van der Waals surface area contributed by atoms with Crippen molar-refractivity contribution in [3.8, 4) is 0 Å². The molecular formula is C10H14Cl3N. The van der Waals surface area contributed by atoms with Gasteiger partial charge in [0.2, 0.25) is 0 Å². The summed E-state index contributed by atoms with van der Waals surface area (Å²) >= 11 is 11.7. The van der Waals surface area contributed by atoms with E-state index in [9.17, 15) is 0 Å². The predicted octanol–water partition coefficient (Wildman–Crippen LogP) is -0.529. The van der Waals surface area contributed by atoms with Crippen LogP contribution in [-0.4, -0.2) is 6.54 Å². The van der Waals surface area contributed by atoms with Crippen molar-refractivity contribution < 1.29 is 17.7 Å². The van der Waals surface area contributed by atoms with E-state index in [0.717, 1.165) is 13.1 Å². The standard InChI is InChI=1S/C10H13Cl2N.ClH/c1-2-5-13-7-8-3-4-9(11)10(12)6-8;/h3-4,6,13H,2,5,7H2,1H3;1H. The van der Waals surface area contributed by atoms with Crippen molar-refractivity contribution in [1.29, 1.82) is 0 Å². The molecule has 0 saturated carbocycles. The number of hydrogen-bond acceptors (Lipinski definition) is 0. The number of nitrogens with two attached hydrogens (primary N) is 1. The summed E-state index contributed by atoms with van der Waals surface area (Å²) in [5.41, 5.74) is 1.22. The largest absolute Gasteiger partial charge is 1.00 e. The first-order valence-corrected chi connectivity index (χ1v) is 5.25. The van der Waals surface area contributed by atoms with Gasteiger partial charge in [0.05, 0.1) is 16.6 Å². The molecule has 2 N–H and O–H groups in total. The van der Waals surface area contributed by atoms with Crippen molar-refractivity contribution in [2.75, 3.05) is 6.54 Å². The van der Waals surface area contributed by atoms with Crippen molar-refractivity contribution in [2.24, 2.45) is 0 Å². The molecule has 0 atom stereocenters. The van der Waals surface area contributed by atoms with Gasteiger partial charge in [-0.1, -0.05) is 36.2 Å². The van der Waals surface area contributed by atoms with E-state index >= 15 is 0 Å². The Morgan fingerprint density at radius 3 is 2.50 bits per heavy atom. The highest BCUT2D eigenvalue weighted by Crippen LogP contribution is 2.21. The lowest BCUT2D eigenvalue weighted by Gasteiger charge is -2.01. The van der Waals surface area contributed by atoms with E-state index in [2.05, 4.69) is 12.2 Å². The highest BCUT2D eigenvalue weighted by molar-refractivity contribution is 6.41. The molecule has 0 radical (unpaired) electrons. The second-order valence-electron chi connectivity index (χ2n) is 3.03. The lowest BCUT2D eigenvalue weighted by atomic mass is 10.2. The molecule has 0 aliphatic rings. The molecule has 0 aliphatic carbocycles. The third kappa shape index (κ3) is 4.52. The summed E-state index contributed by atoms with van der Waals surface area (Å²) in [5.74, 6) is 0. The molecule has 4 heteroatoms. The Kier molecular flexibility index (Phi) is 7.38. The maximum atomic E-state index is 5.88. The lowest BCUT2D eigenvalue weighted by molar-refractivity contribution is -0.670. The molecular weight excluding hydrogens is 240 g/mol. The highest BCUT2D eigenvalue weighted by atomic mass is 35.5. The molecule has 80 valence electrons. The SMILES string of the molecule is CCC[NH2+]Cc1ccc(Cl)c(Cl)c1.[Cl-]. The minimum absolute atomic E-state index is 0. The van der Waals surface area contributed by atoms with Crippen molar-refractivity contribution >= 4 is 23.2 Å². The van der Waals surface area contributed by atoms with Crippen LogP contribution in [0.2, 0.25) is 10.0 Å². The number of quaternary nitrogens is 1. The van der Waals surface area contributed by atoms with E-state index in [1.54, 1.807) is 0 Å². The molecule has 1 nitrogen and oxygen atoms in total. The molecule has 0 aromatic heterocycles. The average Bonchev–Trinajstić information content (AvgIpc) is 2.12. The molecule has 0 heterocycles. The van der Waals surface area contributed by atoms with Crippen LogP contribution in [0.4, 0.5) is 0 Å². The number of rotatable bonds is 4. The molecule has 14 heavy (non-hydrogen) atoms. The topological polar surface area (TPSA) is 16.6 Å². The molecule has 0 unspecified atom stereocenters. The Hall–Kier alpha value is 0.0500. The van der Waals surface area contributed by atoms with Crippen LogP contribution in [-0.2, 0) is 6.54 Å². The summed E-state index contributed by atoms with van der Waals surface area (Å²) in [6, 6.07) is 5.79. The first-order valence-electron chi connectivity index (χ1n) is 4.49. The van der Waals surface area contributed by atoms with Crippen LogP contribution in [0.25, 0.3) is 0 Å². The third-order valence-electron chi connectivity index (χ3n) is 1.86. The maximum absolute atomic E-state index is 5.88. The maximum Gasteiger partial charge on any atom is 0.101 e. The molecule has 1 rings (SSSR count). The molecule has 1 aromatic carbocycles. The van der Waals surface area contributed by atoms with E-state index in [1.165, 1.54) is 12.0 Å². The molecule has 0 aliphatic heterocycles. The lowest BCUT2D eigenvalue weighted by Crippen LogP contribution is -3.00. The summed E-state index contributed by atoms with van der Waals surface area (Å²) < 4.78 is 0. The van der Waals surface area contributed by atoms with Crippen molar-refractivity contribution in [3.63, 3.8) is 0 Å². The van der Waals surface area contributed by atoms with Gasteiger partial charge in [-0.15, -0.1) is 0 Å². The minimum Gasteiger partial charge on any atom is -1.00 e. The zero-order valence-electron chi connectivity index (χ0n) is 8.06. The van der Waals surface area contributed by atoms with Crippen molar-refractivity contribution in [1.82, 2.24) is 0 Å². The normalized spacial score (nSPS) is 9.64. The van der Waals surface area contributed by atoms with E-state index in [1.807, 2.05) is 18.2 Å². The van der Waals surface area contributed by atoms with Crippen LogP contribution >= 0.6 is 23.2 Å². The Morgan fingerprint density at radius 2 is 1.93 bits per heavy atom. The van der Waals surface area contributed by atoms with Crippen molar-refractivity contribution in [2.45, 2.75) is 19.9 Å². The number of halogens is 3. The Labute approximate surface area is 101 Å². The summed E-state index contributed by atoms with van der Waals surface area (Å²) in [4.78, 5) is 0. The van der Waals surface area contributed by atoms with E-state index in [-0.39, 0.29) is 12.4 Å². The summed E-state index contributed by atoms with van der Waals surface area (Å²) in [6.45, 7) is 4.30. The quantitative estimate of drug-likeness (QED) is 0.696. The zero-order valence-corrected chi connectivity index (χ0v) is 10.3. The fraction of sp³-hybridized carbons (Fsp3) is 0.400. The highest BCUT2D eigenvalue weighted by Gasteiger charge is 1.99. The Bertz CT molecular complexity index is 276. The minimum atomic E-state index is 0. The molecule has 0 spiro atoms. The first-order chi connectivity index (χ1) is 6.24. The molecule has 0 bridgehead atoms. The van der Waals surface area contributed by atoms with Gasteiger partial charge in [-0.25, -0.2) is 0 Å². The summed E-state index contributed by atoms with van der Waals surface area (Å²) in [5, 5.41) is 3.53. The van der Waals surface area contributed by atoms with Crippen LogP contribution in [0.15, 0.2) is 18.2 Å². The Balaban J connectivity index is 0.00000169. The van der Waals surface area contributed by atoms with E-state index < -0.39 is 0 Å². The summed E-state index contributed by atoms with van der Waals surface area (Å²) in [6.07, 6.45) is 1.20. The zero-order chi connectivity index (χ0) is 9.68. The van der Waals surface area contributed by atoms with Crippen LogP contribution in [0.5, 0.6) is 0 Å². The van der Waals surface area contributed by atoms with Gasteiger partial charge in [-0.2, -0.15) is 0 Å². The number of hydrogen-bond donors (Lipinski definition) is 1. The third-order valence-corrected chi connectivity index (χ3v) is 2.60. The Morgan fingerprint density at radius 1 is 1.21 bits per heavy atom. The second-order valence-corrected chi connectivity index (χ2v) is 3.84. The van der Waals surface area contributed by atoms with Gasteiger partial charge < -0.3 is 17.7 Å². The van der Waals surface area contributed by atoms with Gasteiger partial charge in [0.25, 0.3) is 0 Å². The van der Waals surface area contributed by atoms with Gasteiger partial charge in [0, 0.05) is 5.56 Å². The fourth-order valence-corrected chi connectivity index (χ4v) is 1.46. The molecule has 0 amide bonds. The van der Waals surface area contributed by atoms with Crippen LogP contribution < -0.4 is 17.7 Å². The first kappa shape index (κ1) is 14.1. The smallest absolute Gasteiger partial charge is 0.101 e. The molecule has 1 aromatic rings. The second kappa shape index (κ2) is 7.36. The predicted molar refractivity (Wildman–Crippen MR) is 57.2 cm³/mol. The molecule has 0 fully saturated rings.